The van der Waals surface area contributed by atoms with Crippen LogP contribution in [-0.4, -0.2) is 5.11 Å². The molecule has 0 aliphatic carbocycles. The Kier molecular flexibility index (Phi) is 3.97. The van der Waals surface area contributed by atoms with Crippen molar-refractivity contribution in [1.29, 1.82) is 0 Å². The van der Waals surface area contributed by atoms with Crippen LogP contribution >= 0.6 is 11.8 Å². The molecule has 1 aliphatic rings. The summed E-state index contributed by atoms with van der Waals surface area (Å²) in [5.41, 5.74) is 2.09. The molecule has 0 saturated carbocycles. The fourth-order valence-corrected chi connectivity index (χ4v) is 3.18. The molecule has 25 heavy (non-hydrogen) atoms. The maximum Gasteiger partial charge on any atom is 0.249 e. The van der Waals surface area contributed by atoms with Crippen molar-refractivity contribution >= 4 is 17.5 Å². The summed E-state index contributed by atoms with van der Waals surface area (Å²) in [5.74, 6) is 0.149. The number of halogens is 1. The highest BCUT2D eigenvalue weighted by atomic mass is 35.5. The number of fused-ring (bicyclic) bond motifs is 1. The van der Waals surface area contributed by atoms with E-state index in [2.05, 4.69) is 57.8 Å². The lowest BCUT2D eigenvalue weighted by Crippen LogP contribution is -2.27. The first kappa shape index (κ1) is 17.9. The molecular weight excluding hydrogens is 334 g/mol. The van der Waals surface area contributed by atoms with Crippen LogP contribution < -0.4 is 14.9 Å². The monoisotopic (exact) mass is 358 g/mol. The second-order valence-electron chi connectivity index (χ2n) is 8.61. The topological polar surface area (TPSA) is 45.0 Å². The van der Waals surface area contributed by atoms with Gasteiger partial charge in [0.2, 0.25) is 17.5 Å². The Balaban J connectivity index is 2.32. The van der Waals surface area contributed by atoms with Crippen LogP contribution in [-0.2, 0) is 10.8 Å². The minimum atomic E-state index is -0.543. The molecule has 0 fully saturated rings. The molecule has 0 unspecified atom stereocenters. The zero-order valence-electron chi connectivity index (χ0n) is 15.6. The first-order valence-corrected chi connectivity index (χ1v) is 8.78. The van der Waals surface area contributed by atoms with E-state index in [9.17, 15) is 5.11 Å². The van der Waals surface area contributed by atoms with Gasteiger partial charge in [-0.05, 0) is 38.7 Å². The van der Waals surface area contributed by atoms with Gasteiger partial charge in [-0.2, -0.15) is 0 Å². The summed E-state index contributed by atoms with van der Waals surface area (Å²) in [6, 6.07) is 11.5. The van der Waals surface area contributed by atoms with Gasteiger partial charge in [0.25, 0.3) is 0 Å². The number of rotatable bonds is 1. The zero-order valence-corrected chi connectivity index (χ0v) is 16.4. The molecule has 0 saturated heterocycles. The van der Waals surface area contributed by atoms with Crippen LogP contribution in [0.15, 0.2) is 46.6 Å². The summed E-state index contributed by atoms with van der Waals surface area (Å²) >= 11 is 6.75. The predicted molar refractivity (Wildman–Crippen MR) is 102 cm³/mol. The number of aromatic hydroxyl groups is 1. The van der Waals surface area contributed by atoms with Gasteiger partial charge in [0.15, 0.2) is 16.5 Å². The average molecular weight is 359 g/mol. The van der Waals surface area contributed by atoms with Crippen LogP contribution in [0.4, 0.5) is 5.69 Å². The predicted octanol–water partition coefficient (Wildman–Crippen LogP) is 4.23. The van der Waals surface area contributed by atoms with Crippen molar-refractivity contribution in [3.05, 3.63) is 58.2 Å². The van der Waals surface area contributed by atoms with E-state index in [0.29, 0.717) is 5.69 Å². The summed E-state index contributed by atoms with van der Waals surface area (Å²) in [4.78, 5) is 0. The molecule has 0 atom stereocenters. The first-order chi connectivity index (χ1) is 11.4. The van der Waals surface area contributed by atoms with E-state index in [1.807, 2.05) is 30.3 Å². The van der Waals surface area contributed by atoms with Crippen molar-refractivity contribution < 1.29 is 5.11 Å². The number of phenols is 1. The Morgan fingerprint density at radius 3 is 1.84 bits per heavy atom. The number of hydrogen-bond donors (Lipinski definition) is 1. The lowest BCUT2D eigenvalue weighted by atomic mass is 9.79. The lowest BCUT2D eigenvalue weighted by molar-refractivity contribution is 0.412. The van der Waals surface area contributed by atoms with Crippen LogP contribution in [0.3, 0.4) is 0 Å². The van der Waals surface area contributed by atoms with Crippen LogP contribution in [0, 0.1) is 0 Å². The summed E-state index contributed by atoms with van der Waals surface area (Å²) in [6.07, 6.45) is 0. The van der Waals surface area contributed by atoms with Crippen molar-refractivity contribution in [2.24, 2.45) is 10.2 Å². The third-order valence-corrected chi connectivity index (χ3v) is 4.77. The van der Waals surface area contributed by atoms with Crippen molar-refractivity contribution in [2.45, 2.75) is 52.4 Å². The number of phenolic OH excluding ortho intramolecular Hbond substituents is 1. The number of nitrogens with zero attached hydrogens (tertiary/aromatic N) is 3. The van der Waals surface area contributed by atoms with E-state index in [1.54, 1.807) is 0 Å². The molecule has 5 heteroatoms. The third kappa shape index (κ3) is 3.16. The molecule has 3 rings (SSSR count). The molecule has 0 spiro atoms. The molecule has 2 aromatic rings. The van der Waals surface area contributed by atoms with Crippen LogP contribution in [0.5, 0.6) is 5.75 Å². The summed E-state index contributed by atoms with van der Waals surface area (Å²) in [6.45, 7) is 12.6. The van der Waals surface area contributed by atoms with E-state index in [-0.39, 0.29) is 16.6 Å². The molecule has 0 radical (unpaired) electrons. The maximum absolute atomic E-state index is 11.0. The zero-order chi connectivity index (χ0) is 18.6. The highest BCUT2D eigenvalue weighted by Crippen LogP contribution is 2.45. The van der Waals surface area contributed by atoms with Gasteiger partial charge in [-0.1, -0.05) is 59.7 Å². The number of hydrogen-bond acceptors (Lipinski definition) is 3. The lowest BCUT2D eigenvalue weighted by Gasteiger charge is -2.27. The van der Waals surface area contributed by atoms with Crippen LogP contribution in [0.2, 0.25) is 0 Å². The highest BCUT2D eigenvalue weighted by molar-refractivity contribution is 6.21. The van der Waals surface area contributed by atoms with Gasteiger partial charge >= 0.3 is 0 Å². The molecule has 0 amide bonds. The van der Waals surface area contributed by atoms with Crippen LogP contribution in [0.1, 0.15) is 52.7 Å². The Morgan fingerprint density at radius 1 is 0.880 bits per heavy atom. The van der Waals surface area contributed by atoms with E-state index in [4.69, 9.17) is 11.8 Å². The van der Waals surface area contributed by atoms with E-state index in [1.165, 1.54) is 0 Å². The molecule has 1 N–H and O–H groups in total. The third-order valence-electron chi connectivity index (χ3n) is 4.43. The molecule has 0 aromatic heterocycles. The van der Waals surface area contributed by atoms with Crippen molar-refractivity contribution in [3.63, 3.8) is 0 Å². The second kappa shape index (κ2) is 5.55. The minimum Gasteiger partial charge on any atom is -0.502 e. The number of quaternary nitrogens is 1. The molecule has 1 aliphatic heterocycles. The summed E-state index contributed by atoms with van der Waals surface area (Å²) < 4.78 is -0.543. The Bertz CT molecular complexity index is 917. The largest absolute Gasteiger partial charge is 0.502 e. The van der Waals surface area contributed by atoms with Gasteiger partial charge in [0, 0.05) is 11.6 Å². The van der Waals surface area contributed by atoms with E-state index < -0.39 is 4.22 Å². The fraction of sp³-hybridized carbons (Fsp3) is 0.400. The van der Waals surface area contributed by atoms with Gasteiger partial charge in [0.05, 0.1) is 4.22 Å². The summed E-state index contributed by atoms with van der Waals surface area (Å²) in [5, 5.41) is 21.5. The van der Waals surface area contributed by atoms with Gasteiger partial charge in [-0.25, -0.2) is 0 Å². The van der Waals surface area contributed by atoms with E-state index in [0.717, 1.165) is 21.8 Å². The van der Waals surface area contributed by atoms with Crippen molar-refractivity contribution in [2.75, 3.05) is 0 Å². The SMILES string of the molecule is CC(C)(C)c1cc(C(C)(C)C)c(O)c([N+]2(Cl)N=c3ccccc3=N2)c1. The Labute approximate surface area is 153 Å². The molecule has 4 nitrogen and oxygen atoms in total. The standard InChI is InChI=1S/C20H24ClN3O/c1-19(2,3)13-11-14(20(4,5)6)18(25)17(12-13)24(21)22-15-9-7-8-10-16(15)23-24/h7-12H,1-6H3/p+1. The minimum absolute atomic E-state index is 0.0922. The molecular formula is C20H25ClN3O+. The van der Waals surface area contributed by atoms with Crippen LogP contribution in [0.25, 0.3) is 0 Å². The summed E-state index contributed by atoms with van der Waals surface area (Å²) in [7, 11) is 0. The molecule has 1 heterocycles. The number of benzene rings is 2. The molecule has 132 valence electrons. The Morgan fingerprint density at radius 2 is 1.40 bits per heavy atom. The average Bonchev–Trinajstić information content (AvgIpc) is 2.81. The van der Waals surface area contributed by atoms with Gasteiger partial charge < -0.3 is 5.11 Å². The highest BCUT2D eigenvalue weighted by Gasteiger charge is 2.40. The van der Waals surface area contributed by atoms with Gasteiger partial charge in [0.1, 0.15) is 0 Å². The Hall–Kier alpha value is -1.91. The smallest absolute Gasteiger partial charge is 0.249 e. The van der Waals surface area contributed by atoms with Gasteiger partial charge in [-0.15, -0.1) is 0 Å². The van der Waals surface area contributed by atoms with E-state index >= 15 is 0 Å². The first-order valence-electron chi connectivity index (χ1n) is 8.45. The van der Waals surface area contributed by atoms with Crippen molar-refractivity contribution in [3.8, 4) is 5.75 Å². The molecule has 2 aromatic carbocycles. The second-order valence-corrected chi connectivity index (χ2v) is 9.08. The fourth-order valence-electron chi connectivity index (χ4n) is 2.89. The maximum atomic E-state index is 11.0. The normalized spacial score (nSPS) is 16.1. The molecule has 0 bridgehead atoms. The van der Waals surface area contributed by atoms with Crippen molar-refractivity contribution in [1.82, 2.24) is 4.22 Å². The quantitative estimate of drug-likeness (QED) is 0.762. The van der Waals surface area contributed by atoms with Gasteiger partial charge in [-0.3, -0.25) is 0 Å².